The van der Waals surface area contributed by atoms with Crippen molar-refractivity contribution in [2.75, 3.05) is 0 Å². The zero-order valence-corrected chi connectivity index (χ0v) is 76.6. The van der Waals surface area contributed by atoms with Gasteiger partial charge in [0.15, 0.2) is 0 Å². The molecule has 0 bridgehead atoms. The molecule has 0 unspecified atom stereocenters. The first kappa shape index (κ1) is 91.3. The van der Waals surface area contributed by atoms with E-state index in [1.54, 1.807) is 0 Å². The van der Waals surface area contributed by atoms with Crippen LogP contribution in [0.25, 0.3) is 0 Å². The third-order valence-electron chi connectivity index (χ3n) is 35.6. The van der Waals surface area contributed by atoms with Gasteiger partial charge in [-0.2, -0.15) is 0 Å². The van der Waals surface area contributed by atoms with Crippen molar-refractivity contribution in [3.63, 3.8) is 0 Å². The molecule has 4 heteroatoms. The highest BCUT2D eigenvalue weighted by Crippen LogP contribution is 2.48. The summed E-state index contributed by atoms with van der Waals surface area (Å²) in [6, 6.07) is 24.9. The lowest BCUT2D eigenvalue weighted by Crippen LogP contribution is -2.25. The summed E-state index contributed by atoms with van der Waals surface area (Å²) in [4.78, 5) is 0. The molecule has 0 aliphatic heterocycles. The van der Waals surface area contributed by atoms with Gasteiger partial charge in [-0.25, -0.2) is 17.6 Å². The predicted octanol–water partition coefficient (Wildman–Crippen LogP) is 34.5. The Morgan fingerprint density at radius 1 is 0.197 bits per heavy atom. The molecule has 0 N–H and O–H groups in total. The van der Waals surface area contributed by atoms with Crippen LogP contribution >= 0.6 is 0 Å². The number of benzene rings is 4. The van der Waals surface area contributed by atoms with Gasteiger partial charge in [0.2, 0.25) is 0 Å². The molecule has 654 valence electrons. The fourth-order valence-corrected chi connectivity index (χ4v) is 26.7. The second-order valence-electron chi connectivity index (χ2n) is 45.5. The van der Waals surface area contributed by atoms with E-state index in [1.165, 1.54) is 350 Å². The van der Waals surface area contributed by atoms with Crippen LogP contribution in [0.2, 0.25) is 0 Å². The maximum atomic E-state index is 15.0. The first-order valence-electron chi connectivity index (χ1n) is 51.9. The number of hydrogen-bond acceptors (Lipinski definition) is 0. The van der Waals surface area contributed by atoms with Crippen LogP contribution in [0.1, 0.15) is 439 Å². The second-order valence-corrected chi connectivity index (χ2v) is 45.5. The van der Waals surface area contributed by atoms with Gasteiger partial charge in [-0.3, -0.25) is 0 Å². The standard InChI is InChI=1S/3C29H45F.C26H39F/c3*1-21-3-7-23(8-4-21)17-25-11-13-26(14-12-25)19-28-16-15-27(20-29(28)30)18-24-9-5-22(2)6-10-24;1-18-3-7-20(8-4-18)21-11-13-23(14-12-21)25-16-15-24(17-26(25)27)22-9-5-19(2)6-10-22/h3*15-16,20-26H,3-14,17-19H2,1-2H3;15-23H,3-14H2,1-2H3. The van der Waals surface area contributed by atoms with Gasteiger partial charge in [0.25, 0.3) is 0 Å². The molecule has 0 nitrogen and oxygen atoms in total. The van der Waals surface area contributed by atoms with E-state index >= 15 is 0 Å². The Morgan fingerprint density at radius 3 is 0.675 bits per heavy atom. The smallest absolute Gasteiger partial charge is 0.126 e. The molecule has 117 heavy (non-hydrogen) atoms. The monoisotopic (exact) mass is 1610 g/mol. The van der Waals surface area contributed by atoms with Crippen LogP contribution in [0.5, 0.6) is 0 Å². The van der Waals surface area contributed by atoms with Gasteiger partial charge in [-0.1, -0.05) is 284 Å². The van der Waals surface area contributed by atoms with Crippen molar-refractivity contribution >= 4 is 0 Å². The normalized spacial score (nSPS) is 35.9. The molecule has 16 rings (SSSR count). The van der Waals surface area contributed by atoms with Crippen LogP contribution in [0.3, 0.4) is 0 Å². The zero-order chi connectivity index (χ0) is 81.6. The molecule has 0 spiro atoms. The maximum Gasteiger partial charge on any atom is 0.126 e. The molecule has 0 radical (unpaired) electrons. The average molecular weight is 1610 g/mol. The fraction of sp³-hybridized carbons (Fsp3) is 0.788. The molecular formula is C113H174F4. The molecule has 4 aromatic carbocycles. The summed E-state index contributed by atoms with van der Waals surface area (Å²) in [6.45, 7) is 19.1. The van der Waals surface area contributed by atoms with Gasteiger partial charge in [0.05, 0.1) is 0 Å². The molecule has 0 amide bonds. The number of hydrogen-bond donors (Lipinski definition) is 0. The molecule has 0 atom stereocenters. The second kappa shape index (κ2) is 46.5. The molecule has 12 saturated carbocycles. The van der Waals surface area contributed by atoms with Crippen LogP contribution in [0.15, 0.2) is 72.8 Å². The first-order chi connectivity index (χ1) is 56.7. The topological polar surface area (TPSA) is 0 Å². The SMILES string of the molecule is CC1CCC(Cc2ccc(CC3CCC(CC4CCC(C)CC4)CC3)c(F)c2)CC1.CC1CCC(Cc2ccc(CC3CCC(CC4CCC(C)CC4)CC3)c(F)c2)CC1.CC1CCC(Cc2ccc(CC3CCC(CC4CCC(C)CC4)CC3)c(F)c2)CC1.CC1CCC(c2ccc(C3CCC(C4CCC(C)CC4)CC3)c(F)c2)CC1. The molecule has 0 aromatic heterocycles. The van der Waals surface area contributed by atoms with Gasteiger partial charge in [-0.05, 0) is 397 Å². The Balaban J connectivity index is 0.000000136. The largest absolute Gasteiger partial charge is 0.207 e. The van der Waals surface area contributed by atoms with E-state index < -0.39 is 0 Å². The Bertz CT molecular complexity index is 3150. The van der Waals surface area contributed by atoms with E-state index in [0.29, 0.717) is 29.6 Å². The summed E-state index contributed by atoms with van der Waals surface area (Å²) in [5, 5.41) is 0. The Morgan fingerprint density at radius 2 is 0.410 bits per heavy atom. The lowest BCUT2D eigenvalue weighted by Gasteiger charge is -2.37. The Kier molecular flexibility index (Phi) is 36.3. The Hall–Kier alpha value is -3.40. The Labute approximate surface area is 717 Å². The van der Waals surface area contributed by atoms with Crippen LogP contribution < -0.4 is 0 Å². The van der Waals surface area contributed by atoms with Crippen LogP contribution in [0.4, 0.5) is 17.6 Å². The van der Waals surface area contributed by atoms with Gasteiger partial charge in [-0.15, -0.1) is 0 Å². The summed E-state index contributed by atoms with van der Waals surface area (Å²) >= 11 is 0. The van der Waals surface area contributed by atoms with Crippen molar-refractivity contribution in [2.24, 2.45) is 130 Å². The highest BCUT2D eigenvalue weighted by molar-refractivity contribution is 5.31. The first-order valence-corrected chi connectivity index (χ1v) is 51.9. The molecule has 0 heterocycles. The predicted molar refractivity (Wildman–Crippen MR) is 491 cm³/mol. The lowest BCUT2D eigenvalue weighted by atomic mass is 9.68. The van der Waals surface area contributed by atoms with E-state index in [-0.39, 0.29) is 23.3 Å². The van der Waals surface area contributed by atoms with E-state index in [9.17, 15) is 17.6 Å². The van der Waals surface area contributed by atoms with Gasteiger partial charge >= 0.3 is 0 Å². The summed E-state index contributed by atoms with van der Waals surface area (Å²) in [6.07, 6.45) is 76.3. The van der Waals surface area contributed by atoms with Crippen molar-refractivity contribution in [1.29, 1.82) is 0 Å². The molecular weight excluding hydrogens is 1430 g/mol. The van der Waals surface area contributed by atoms with Crippen molar-refractivity contribution in [3.8, 4) is 0 Å². The number of rotatable bonds is 21. The van der Waals surface area contributed by atoms with Crippen LogP contribution in [-0.4, -0.2) is 0 Å². The number of halogens is 4. The fourth-order valence-electron chi connectivity index (χ4n) is 26.7. The van der Waals surface area contributed by atoms with Crippen LogP contribution in [-0.2, 0) is 38.5 Å². The third kappa shape index (κ3) is 29.4. The molecule has 4 aromatic rings. The quantitative estimate of drug-likeness (QED) is 0.0730. The molecule has 0 saturated heterocycles. The van der Waals surface area contributed by atoms with Crippen molar-refractivity contribution in [3.05, 3.63) is 141 Å². The van der Waals surface area contributed by atoms with Crippen molar-refractivity contribution in [2.45, 2.75) is 433 Å². The maximum absolute atomic E-state index is 15.0. The minimum Gasteiger partial charge on any atom is -0.207 e. The summed E-state index contributed by atoms with van der Waals surface area (Å²) in [7, 11) is 0. The van der Waals surface area contributed by atoms with E-state index in [2.05, 4.69) is 104 Å². The third-order valence-corrected chi connectivity index (χ3v) is 35.6. The van der Waals surface area contributed by atoms with E-state index in [0.717, 1.165) is 173 Å². The minimum absolute atomic E-state index is 0.0649. The van der Waals surface area contributed by atoms with E-state index in [1.807, 2.05) is 24.3 Å². The lowest BCUT2D eigenvalue weighted by molar-refractivity contribution is 0.164. The zero-order valence-electron chi connectivity index (χ0n) is 76.6. The summed E-state index contributed by atoms with van der Waals surface area (Å²) < 4.78 is 59.5. The van der Waals surface area contributed by atoms with Crippen molar-refractivity contribution < 1.29 is 17.6 Å². The van der Waals surface area contributed by atoms with Crippen LogP contribution in [0, 0.1) is 153 Å². The highest BCUT2D eigenvalue weighted by atomic mass is 19.1. The minimum atomic E-state index is 0.0649. The van der Waals surface area contributed by atoms with E-state index in [4.69, 9.17) is 0 Å². The average Bonchev–Trinajstić information content (AvgIpc) is 0.813. The molecule has 12 aliphatic rings. The molecule has 12 fully saturated rings. The van der Waals surface area contributed by atoms with Gasteiger partial charge < -0.3 is 0 Å². The van der Waals surface area contributed by atoms with Gasteiger partial charge in [0, 0.05) is 0 Å². The molecule has 12 aliphatic carbocycles. The highest BCUT2D eigenvalue weighted by Gasteiger charge is 2.35. The summed E-state index contributed by atoms with van der Waals surface area (Å²) in [5.74, 6) is 20.8. The summed E-state index contributed by atoms with van der Waals surface area (Å²) in [5.41, 5.74) is 8.86. The van der Waals surface area contributed by atoms with Gasteiger partial charge in [0.1, 0.15) is 23.3 Å². The van der Waals surface area contributed by atoms with Crippen molar-refractivity contribution in [1.82, 2.24) is 0 Å².